The van der Waals surface area contributed by atoms with Crippen LogP contribution in [0.25, 0.3) is 0 Å². The lowest BCUT2D eigenvalue weighted by Crippen LogP contribution is -2.30. The van der Waals surface area contributed by atoms with Crippen LogP contribution in [0.4, 0.5) is 5.69 Å². The highest BCUT2D eigenvalue weighted by Gasteiger charge is 2.21. The van der Waals surface area contributed by atoms with Gasteiger partial charge in [-0.1, -0.05) is 24.3 Å². The van der Waals surface area contributed by atoms with Gasteiger partial charge in [0.2, 0.25) is 11.8 Å². The maximum Gasteiger partial charge on any atom is 0.227 e. The Balaban J connectivity index is 1.53. The van der Waals surface area contributed by atoms with Gasteiger partial charge in [-0.15, -0.1) is 0 Å². The molecule has 3 rings (SSSR count). The van der Waals surface area contributed by atoms with Gasteiger partial charge in [-0.2, -0.15) is 0 Å². The fourth-order valence-electron chi connectivity index (χ4n) is 3.08. The molecule has 0 bridgehead atoms. The molecular formula is C18H22N2O2. The van der Waals surface area contributed by atoms with Gasteiger partial charge in [0.1, 0.15) is 0 Å². The molecule has 1 aliphatic carbocycles. The van der Waals surface area contributed by atoms with E-state index in [-0.39, 0.29) is 17.7 Å². The van der Waals surface area contributed by atoms with Crippen molar-refractivity contribution in [3.8, 4) is 0 Å². The number of amides is 2. The molecule has 1 heterocycles. The largest absolute Gasteiger partial charge is 0.352 e. The van der Waals surface area contributed by atoms with E-state index in [1.807, 2.05) is 29.2 Å². The lowest BCUT2D eigenvalue weighted by atomic mass is 9.93. The smallest absolute Gasteiger partial charge is 0.227 e. The average Bonchev–Trinajstić information content (AvgIpc) is 3.00. The van der Waals surface area contributed by atoms with Gasteiger partial charge in [0, 0.05) is 31.1 Å². The van der Waals surface area contributed by atoms with Gasteiger partial charge in [0.15, 0.2) is 0 Å². The molecule has 0 saturated carbocycles. The van der Waals surface area contributed by atoms with Crippen molar-refractivity contribution >= 4 is 17.5 Å². The minimum atomic E-state index is 0.117. The average molecular weight is 298 g/mol. The highest BCUT2D eigenvalue weighted by Crippen LogP contribution is 2.22. The minimum Gasteiger partial charge on any atom is -0.352 e. The van der Waals surface area contributed by atoms with Crippen LogP contribution >= 0.6 is 0 Å². The Hall–Kier alpha value is -2.10. The summed E-state index contributed by atoms with van der Waals surface area (Å²) < 4.78 is 0. The van der Waals surface area contributed by atoms with Crippen LogP contribution < -0.4 is 10.2 Å². The fourth-order valence-corrected chi connectivity index (χ4v) is 3.08. The van der Waals surface area contributed by atoms with Crippen molar-refractivity contribution in [1.82, 2.24) is 5.32 Å². The predicted molar refractivity (Wildman–Crippen MR) is 86.4 cm³/mol. The van der Waals surface area contributed by atoms with E-state index in [1.54, 1.807) is 0 Å². The third kappa shape index (κ3) is 3.38. The van der Waals surface area contributed by atoms with Crippen LogP contribution in [0, 0.1) is 5.92 Å². The summed E-state index contributed by atoms with van der Waals surface area (Å²) in [5.41, 5.74) is 2.02. The second-order valence-electron chi connectivity index (χ2n) is 6.01. The summed E-state index contributed by atoms with van der Waals surface area (Å²) in [7, 11) is 0. The highest BCUT2D eigenvalue weighted by molar-refractivity contribution is 5.95. The molecule has 4 nitrogen and oxygen atoms in total. The van der Waals surface area contributed by atoms with Gasteiger partial charge >= 0.3 is 0 Å². The van der Waals surface area contributed by atoms with E-state index in [1.165, 1.54) is 0 Å². The van der Waals surface area contributed by atoms with Crippen LogP contribution in [0.15, 0.2) is 36.4 Å². The Kier molecular flexibility index (Phi) is 4.56. The zero-order chi connectivity index (χ0) is 15.4. The van der Waals surface area contributed by atoms with Crippen molar-refractivity contribution in [1.29, 1.82) is 0 Å². The van der Waals surface area contributed by atoms with Gasteiger partial charge in [0.25, 0.3) is 0 Å². The molecule has 2 amide bonds. The third-order valence-corrected chi connectivity index (χ3v) is 4.43. The first kappa shape index (κ1) is 14.8. The summed E-state index contributed by atoms with van der Waals surface area (Å²) in [5.74, 6) is 0.459. The van der Waals surface area contributed by atoms with Gasteiger partial charge in [-0.05, 0) is 43.4 Å². The van der Waals surface area contributed by atoms with Crippen molar-refractivity contribution in [2.45, 2.75) is 38.6 Å². The Morgan fingerprint density at radius 2 is 2.05 bits per heavy atom. The summed E-state index contributed by atoms with van der Waals surface area (Å²) in [5, 5.41) is 3.01. The number of hydrogen-bond donors (Lipinski definition) is 1. The second-order valence-corrected chi connectivity index (χ2v) is 6.01. The molecule has 0 aromatic heterocycles. The summed E-state index contributed by atoms with van der Waals surface area (Å²) >= 11 is 0. The highest BCUT2D eigenvalue weighted by atomic mass is 16.2. The van der Waals surface area contributed by atoms with Crippen LogP contribution in [0.3, 0.4) is 0 Å². The molecule has 0 spiro atoms. The molecule has 0 radical (unpaired) electrons. The van der Waals surface area contributed by atoms with Crippen LogP contribution in [0.5, 0.6) is 0 Å². The predicted octanol–water partition coefficient (Wildman–Crippen LogP) is 2.79. The minimum absolute atomic E-state index is 0.117. The number of hydrogen-bond acceptors (Lipinski definition) is 2. The Labute approximate surface area is 131 Å². The molecular weight excluding hydrogens is 276 g/mol. The summed E-state index contributed by atoms with van der Waals surface area (Å²) in [6.45, 7) is 1.36. The molecule has 1 N–H and O–H groups in total. The quantitative estimate of drug-likeness (QED) is 0.869. The van der Waals surface area contributed by atoms with Gasteiger partial charge < -0.3 is 10.2 Å². The van der Waals surface area contributed by atoms with Crippen LogP contribution in [-0.2, 0) is 16.1 Å². The number of nitrogens with zero attached hydrogens (tertiary/aromatic N) is 1. The number of carbonyl (C=O) groups is 2. The Bertz CT molecular complexity index is 577. The van der Waals surface area contributed by atoms with Gasteiger partial charge in [-0.3, -0.25) is 9.59 Å². The first-order valence-electron chi connectivity index (χ1n) is 8.06. The molecule has 1 atom stereocenters. The zero-order valence-corrected chi connectivity index (χ0v) is 12.8. The Morgan fingerprint density at radius 1 is 1.23 bits per heavy atom. The Morgan fingerprint density at radius 3 is 2.68 bits per heavy atom. The monoisotopic (exact) mass is 298 g/mol. The van der Waals surface area contributed by atoms with Gasteiger partial charge in [-0.25, -0.2) is 0 Å². The topological polar surface area (TPSA) is 49.4 Å². The number of anilines is 1. The summed E-state index contributed by atoms with van der Waals surface area (Å²) in [6, 6.07) is 7.91. The van der Waals surface area contributed by atoms with E-state index in [2.05, 4.69) is 17.5 Å². The van der Waals surface area contributed by atoms with Crippen LogP contribution in [-0.4, -0.2) is 18.4 Å². The standard InChI is InChI=1S/C18H22N2O2/c21-17-7-4-12-20(17)16-10-8-14(9-11-16)13-19-18(22)15-5-2-1-3-6-15/h1-2,8-11,15H,3-7,12-13H2,(H,19,22). The first-order valence-corrected chi connectivity index (χ1v) is 8.06. The molecule has 4 heteroatoms. The molecule has 1 aromatic carbocycles. The van der Waals surface area contributed by atoms with Crippen molar-refractivity contribution < 1.29 is 9.59 Å². The van der Waals surface area contributed by atoms with Crippen LogP contribution in [0.1, 0.15) is 37.7 Å². The molecule has 2 aliphatic rings. The lowest BCUT2D eigenvalue weighted by molar-refractivity contribution is -0.125. The summed E-state index contributed by atoms with van der Waals surface area (Å²) in [4.78, 5) is 25.6. The van der Waals surface area contributed by atoms with Crippen molar-refractivity contribution in [3.63, 3.8) is 0 Å². The number of benzene rings is 1. The number of rotatable bonds is 4. The number of allylic oxidation sites excluding steroid dienone is 2. The van der Waals surface area contributed by atoms with E-state index >= 15 is 0 Å². The SMILES string of the molecule is O=C(NCc1ccc(N2CCCC2=O)cc1)C1CC=CCC1. The maximum atomic E-state index is 12.1. The van der Waals surface area contributed by atoms with E-state index in [0.717, 1.165) is 43.5 Å². The van der Waals surface area contributed by atoms with Crippen molar-refractivity contribution in [3.05, 3.63) is 42.0 Å². The van der Waals surface area contributed by atoms with Crippen molar-refractivity contribution in [2.24, 2.45) is 5.92 Å². The fraction of sp³-hybridized carbons (Fsp3) is 0.444. The van der Waals surface area contributed by atoms with Crippen LogP contribution in [0.2, 0.25) is 0 Å². The number of carbonyl (C=O) groups excluding carboxylic acids is 2. The molecule has 116 valence electrons. The lowest BCUT2D eigenvalue weighted by Gasteiger charge is -2.18. The normalized spacial score (nSPS) is 21.2. The van der Waals surface area contributed by atoms with Crippen molar-refractivity contribution in [2.75, 3.05) is 11.4 Å². The van der Waals surface area contributed by atoms with E-state index < -0.39 is 0 Å². The molecule has 1 unspecified atom stereocenters. The van der Waals surface area contributed by atoms with Gasteiger partial charge in [0.05, 0.1) is 0 Å². The number of nitrogens with one attached hydrogen (secondary N) is 1. The molecule has 22 heavy (non-hydrogen) atoms. The zero-order valence-electron chi connectivity index (χ0n) is 12.8. The molecule has 1 fully saturated rings. The summed E-state index contributed by atoms with van der Waals surface area (Å²) in [6.07, 6.45) is 8.61. The molecule has 1 aliphatic heterocycles. The maximum absolute atomic E-state index is 12.1. The van der Waals surface area contributed by atoms with E-state index in [0.29, 0.717) is 13.0 Å². The third-order valence-electron chi connectivity index (χ3n) is 4.43. The van der Waals surface area contributed by atoms with E-state index in [9.17, 15) is 9.59 Å². The van der Waals surface area contributed by atoms with E-state index in [4.69, 9.17) is 0 Å². The first-order chi connectivity index (χ1) is 10.7. The molecule has 1 saturated heterocycles. The molecule has 1 aromatic rings. The second kappa shape index (κ2) is 6.77.